The normalized spacial score (nSPS) is 10.8. The lowest BCUT2D eigenvalue weighted by Crippen LogP contribution is -2.17. The Morgan fingerprint density at radius 2 is 2.14 bits per heavy atom. The van der Waals surface area contributed by atoms with Crippen LogP contribution >= 0.6 is 0 Å². The van der Waals surface area contributed by atoms with E-state index in [2.05, 4.69) is 20.3 Å². The predicted octanol–water partition coefficient (Wildman–Crippen LogP) is 3.13. The smallest absolute Gasteiger partial charge is 0.193 e. The van der Waals surface area contributed by atoms with Gasteiger partial charge in [-0.2, -0.15) is 10.4 Å². The lowest BCUT2D eigenvalue weighted by Gasteiger charge is -2.19. The van der Waals surface area contributed by atoms with Crippen LogP contribution in [0.4, 0.5) is 23.0 Å². The van der Waals surface area contributed by atoms with Gasteiger partial charge in [0, 0.05) is 31.5 Å². The van der Waals surface area contributed by atoms with E-state index >= 15 is 0 Å². The maximum Gasteiger partial charge on any atom is 0.193 e. The largest absolute Gasteiger partial charge is 0.381 e. The third-order valence-electron chi connectivity index (χ3n) is 4.11. The van der Waals surface area contributed by atoms with Crippen LogP contribution in [0, 0.1) is 11.3 Å². The van der Waals surface area contributed by atoms with Crippen LogP contribution in [-0.2, 0) is 13.6 Å². The summed E-state index contributed by atoms with van der Waals surface area (Å²) < 4.78 is 1.37. The van der Waals surface area contributed by atoms with E-state index in [1.165, 1.54) is 4.68 Å². The summed E-state index contributed by atoms with van der Waals surface area (Å²) in [4.78, 5) is 17.8. The minimum atomic E-state index is 0.0843. The van der Waals surface area contributed by atoms with Crippen LogP contribution in [0.5, 0.6) is 0 Å². The van der Waals surface area contributed by atoms with Gasteiger partial charge in [-0.05, 0) is 30.3 Å². The van der Waals surface area contributed by atoms with Gasteiger partial charge in [0.2, 0.25) is 0 Å². The van der Waals surface area contributed by atoms with Crippen molar-refractivity contribution >= 4 is 29.3 Å². The molecule has 0 atom stereocenters. The molecule has 0 fully saturated rings. The van der Waals surface area contributed by atoms with Gasteiger partial charge in [-0.25, -0.2) is 4.68 Å². The maximum atomic E-state index is 11.5. The molecule has 0 bridgehead atoms. The molecular weight excluding hydrogens is 356 g/mol. The number of aromatic nitrogens is 3. The van der Waals surface area contributed by atoms with E-state index in [9.17, 15) is 10.1 Å². The number of aryl methyl sites for hydroxylation is 1. The summed E-state index contributed by atoms with van der Waals surface area (Å²) in [7, 11) is 3.53. The molecule has 0 aliphatic rings. The Bertz CT molecular complexity index is 1070. The third kappa shape index (κ3) is 3.86. The molecule has 140 valence electrons. The summed E-state index contributed by atoms with van der Waals surface area (Å²) in [6.45, 7) is 0.597. The topological polar surface area (TPSA) is 126 Å². The maximum absolute atomic E-state index is 11.5. The fourth-order valence-corrected chi connectivity index (χ4v) is 2.65. The number of carbonyl (C=O) groups excluding carboxylic acids is 1. The number of nitrogen functional groups attached to an aromatic ring is 1. The molecule has 9 nitrogen and oxygen atoms in total. The first-order valence-electron chi connectivity index (χ1n) is 8.38. The molecule has 0 spiro atoms. The van der Waals surface area contributed by atoms with E-state index in [-0.39, 0.29) is 17.2 Å². The molecule has 9 heteroatoms. The summed E-state index contributed by atoms with van der Waals surface area (Å²) in [5, 5.41) is 21.3. The standard InChI is InChI=1S/C19H18N8O/c1-26(11-14-5-3-4-8-22-14)15-6-7-17(13(9-15)12-28)23-24-19-16(10-20)18(21)25-27(19)2/h3-9,12H,11H2,1-2H3,(H2,21,25). The van der Waals surface area contributed by atoms with Crippen LogP contribution in [0.15, 0.2) is 52.8 Å². The van der Waals surface area contributed by atoms with Gasteiger partial charge in [0.05, 0.1) is 17.9 Å². The Labute approximate surface area is 161 Å². The average Bonchev–Trinajstić information content (AvgIpc) is 2.99. The Hall–Kier alpha value is -4.06. The molecule has 1 aromatic carbocycles. The number of anilines is 2. The van der Waals surface area contributed by atoms with Crippen molar-refractivity contribution in [2.45, 2.75) is 6.54 Å². The van der Waals surface area contributed by atoms with Crippen LogP contribution in [0.1, 0.15) is 21.6 Å². The molecule has 2 aromatic heterocycles. The second-order valence-electron chi connectivity index (χ2n) is 6.06. The molecule has 0 saturated carbocycles. The highest BCUT2D eigenvalue weighted by Crippen LogP contribution is 2.28. The predicted molar refractivity (Wildman–Crippen MR) is 105 cm³/mol. The summed E-state index contributed by atoms with van der Waals surface area (Å²) in [5.74, 6) is 0.314. The molecule has 2 N–H and O–H groups in total. The van der Waals surface area contributed by atoms with E-state index in [0.29, 0.717) is 17.8 Å². The van der Waals surface area contributed by atoms with Gasteiger partial charge < -0.3 is 10.6 Å². The number of carbonyl (C=O) groups is 1. The molecule has 3 rings (SSSR count). The minimum absolute atomic E-state index is 0.0843. The van der Waals surface area contributed by atoms with E-state index in [1.54, 1.807) is 25.4 Å². The van der Waals surface area contributed by atoms with E-state index in [1.807, 2.05) is 42.3 Å². The van der Waals surface area contributed by atoms with Crippen LogP contribution in [0.2, 0.25) is 0 Å². The van der Waals surface area contributed by atoms with Crippen molar-refractivity contribution in [3.8, 4) is 6.07 Å². The van der Waals surface area contributed by atoms with Gasteiger partial charge in [-0.15, -0.1) is 10.2 Å². The fraction of sp³-hybridized carbons (Fsp3) is 0.158. The first-order chi connectivity index (χ1) is 13.5. The number of benzene rings is 1. The molecule has 28 heavy (non-hydrogen) atoms. The zero-order valence-corrected chi connectivity index (χ0v) is 15.4. The summed E-state index contributed by atoms with van der Waals surface area (Å²) in [6.07, 6.45) is 2.46. The summed E-state index contributed by atoms with van der Waals surface area (Å²) >= 11 is 0. The molecule has 0 radical (unpaired) electrons. The molecule has 0 saturated heterocycles. The highest BCUT2D eigenvalue weighted by atomic mass is 16.1. The SMILES string of the molecule is CN(Cc1ccccn1)c1ccc(N=Nc2c(C#N)c(N)nn2C)c(C=O)c1. The van der Waals surface area contributed by atoms with Crippen molar-refractivity contribution in [1.82, 2.24) is 14.8 Å². The molecular formula is C19H18N8O. The second kappa shape index (κ2) is 8.09. The van der Waals surface area contributed by atoms with E-state index < -0.39 is 0 Å². The highest BCUT2D eigenvalue weighted by molar-refractivity contribution is 5.85. The number of hydrogen-bond donors (Lipinski definition) is 1. The van der Waals surface area contributed by atoms with Gasteiger partial charge in [-0.3, -0.25) is 9.78 Å². The van der Waals surface area contributed by atoms with Crippen LogP contribution in [-0.4, -0.2) is 28.1 Å². The lowest BCUT2D eigenvalue weighted by molar-refractivity contribution is 0.112. The van der Waals surface area contributed by atoms with E-state index in [0.717, 1.165) is 17.7 Å². The zero-order chi connectivity index (χ0) is 20.1. The first-order valence-corrected chi connectivity index (χ1v) is 8.38. The summed E-state index contributed by atoms with van der Waals surface area (Å²) in [5.41, 5.74) is 8.33. The molecule has 0 unspecified atom stereocenters. The first kappa shape index (κ1) is 18.7. The number of nitrogens with two attached hydrogens (primary N) is 1. The van der Waals surface area contributed by atoms with Crippen molar-refractivity contribution in [2.24, 2.45) is 17.3 Å². The highest BCUT2D eigenvalue weighted by Gasteiger charge is 2.14. The number of azo groups is 1. The number of rotatable bonds is 6. The third-order valence-corrected chi connectivity index (χ3v) is 4.11. The van der Waals surface area contributed by atoms with Gasteiger partial charge >= 0.3 is 0 Å². The lowest BCUT2D eigenvalue weighted by atomic mass is 10.1. The van der Waals surface area contributed by atoms with Crippen molar-refractivity contribution in [2.75, 3.05) is 17.7 Å². The fourth-order valence-electron chi connectivity index (χ4n) is 2.65. The second-order valence-corrected chi connectivity index (χ2v) is 6.06. The van der Waals surface area contributed by atoms with Crippen molar-refractivity contribution in [1.29, 1.82) is 5.26 Å². The van der Waals surface area contributed by atoms with Crippen LogP contribution in [0.25, 0.3) is 0 Å². The molecule has 0 aliphatic heterocycles. The van der Waals surface area contributed by atoms with Crippen LogP contribution in [0.3, 0.4) is 0 Å². The summed E-state index contributed by atoms with van der Waals surface area (Å²) in [6, 6.07) is 12.9. The van der Waals surface area contributed by atoms with Gasteiger partial charge in [-0.1, -0.05) is 6.07 Å². The number of nitriles is 1. The number of nitrogens with zero attached hydrogens (tertiary/aromatic N) is 7. The van der Waals surface area contributed by atoms with Gasteiger partial charge in [0.1, 0.15) is 11.6 Å². The molecule has 3 aromatic rings. The minimum Gasteiger partial charge on any atom is -0.381 e. The van der Waals surface area contributed by atoms with Gasteiger partial charge in [0.15, 0.2) is 17.9 Å². The Morgan fingerprint density at radius 3 is 2.82 bits per heavy atom. The Balaban J connectivity index is 1.86. The van der Waals surface area contributed by atoms with Crippen molar-refractivity contribution in [3.05, 3.63) is 59.4 Å². The number of pyridine rings is 1. The number of hydrogen-bond acceptors (Lipinski definition) is 8. The van der Waals surface area contributed by atoms with E-state index in [4.69, 9.17) is 5.73 Å². The van der Waals surface area contributed by atoms with Crippen LogP contribution < -0.4 is 10.6 Å². The molecule has 0 aliphatic carbocycles. The monoisotopic (exact) mass is 374 g/mol. The average molecular weight is 374 g/mol. The Kier molecular flexibility index (Phi) is 5.41. The van der Waals surface area contributed by atoms with Crippen molar-refractivity contribution < 1.29 is 4.79 Å². The number of aldehydes is 1. The quantitative estimate of drug-likeness (QED) is 0.522. The zero-order valence-electron chi connectivity index (χ0n) is 15.4. The molecule has 0 amide bonds. The van der Waals surface area contributed by atoms with Crippen molar-refractivity contribution in [3.63, 3.8) is 0 Å². The molecule has 2 heterocycles. The van der Waals surface area contributed by atoms with Gasteiger partial charge in [0.25, 0.3) is 0 Å². The Morgan fingerprint density at radius 1 is 1.32 bits per heavy atom.